The second kappa shape index (κ2) is 8.35. The van der Waals surface area contributed by atoms with Crippen LogP contribution in [0.3, 0.4) is 0 Å². The normalized spacial score (nSPS) is 15.6. The van der Waals surface area contributed by atoms with E-state index in [-0.39, 0.29) is 11.7 Å². The summed E-state index contributed by atoms with van der Waals surface area (Å²) in [7, 11) is 1.87. The fraction of sp³-hybridized carbons (Fsp3) is 0.350. The first-order valence-corrected chi connectivity index (χ1v) is 11.1. The average molecular weight is 425 g/mol. The van der Waals surface area contributed by atoms with Crippen LogP contribution < -0.4 is 5.32 Å². The van der Waals surface area contributed by atoms with Crippen LogP contribution in [0.2, 0.25) is 0 Å². The third-order valence-electron chi connectivity index (χ3n) is 4.96. The maximum absolute atomic E-state index is 12.5. The van der Waals surface area contributed by atoms with Gasteiger partial charge in [0.25, 0.3) is 0 Å². The molecule has 0 aromatic carbocycles. The van der Waals surface area contributed by atoms with Crippen molar-refractivity contribution < 1.29 is 4.79 Å². The second-order valence-electron chi connectivity index (χ2n) is 7.11. The van der Waals surface area contributed by atoms with Crippen molar-refractivity contribution in [2.75, 3.05) is 11.1 Å². The minimum Gasteiger partial charge on any atom is -0.316 e. The SMILES string of the molecule is CC1CCc2c(sc(NC(=O)CSc3nnc(-c4cccnc4)n3C)c2C#N)C1. The molecule has 1 atom stereocenters. The molecular formula is C20H20N6OS2. The van der Waals surface area contributed by atoms with Crippen molar-refractivity contribution >= 4 is 34.0 Å². The fourth-order valence-electron chi connectivity index (χ4n) is 3.44. The molecule has 1 aliphatic carbocycles. The molecule has 1 aliphatic rings. The van der Waals surface area contributed by atoms with Gasteiger partial charge in [0.1, 0.15) is 11.1 Å². The summed E-state index contributed by atoms with van der Waals surface area (Å²) in [4.78, 5) is 17.9. The van der Waals surface area contributed by atoms with Gasteiger partial charge in [0.2, 0.25) is 5.91 Å². The van der Waals surface area contributed by atoms with Gasteiger partial charge in [-0.25, -0.2) is 0 Å². The first-order chi connectivity index (χ1) is 14.1. The Hall–Kier alpha value is -2.70. The molecular weight excluding hydrogens is 404 g/mol. The van der Waals surface area contributed by atoms with E-state index in [2.05, 4.69) is 33.5 Å². The quantitative estimate of drug-likeness (QED) is 0.628. The molecule has 29 heavy (non-hydrogen) atoms. The van der Waals surface area contributed by atoms with Crippen LogP contribution in [0.1, 0.15) is 29.3 Å². The number of nitrogens with zero attached hydrogens (tertiary/aromatic N) is 5. The summed E-state index contributed by atoms with van der Waals surface area (Å²) >= 11 is 2.86. The Kier molecular flexibility index (Phi) is 5.65. The molecule has 7 nitrogen and oxygen atoms in total. The van der Waals surface area contributed by atoms with Gasteiger partial charge in [-0.3, -0.25) is 9.78 Å². The van der Waals surface area contributed by atoms with Crippen molar-refractivity contribution in [3.63, 3.8) is 0 Å². The largest absolute Gasteiger partial charge is 0.316 e. The van der Waals surface area contributed by atoms with Crippen LogP contribution in [0, 0.1) is 17.2 Å². The number of rotatable bonds is 5. The lowest BCUT2D eigenvalue weighted by atomic mass is 9.89. The standard InChI is InChI=1S/C20H20N6OS2/c1-12-5-6-14-15(9-21)19(29-16(14)8-12)23-17(27)11-28-20-25-24-18(26(20)2)13-4-3-7-22-10-13/h3-4,7,10,12H,5-6,8,11H2,1-2H3,(H,23,27). The first-order valence-electron chi connectivity index (χ1n) is 9.34. The first kappa shape index (κ1) is 19.6. The third-order valence-corrected chi connectivity index (χ3v) is 7.15. The van der Waals surface area contributed by atoms with Gasteiger partial charge in [0, 0.05) is 29.9 Å². The molecule has 3 aromatic heterocycles. The number of hydrogen-bond donors (Lipinski definition) is 1. The van der Waals surface area contributed by atoms with E-state index in [0.717, 1.165) is 30.4 Å². The number of aromatic nitrogens is 4. The predicted molar refractivity (Wildman–Crippen MR) is 114 cm³/mol. The minimum atomic E-state index is -0.149. The predicted octanol–water partition coefficient (Wildman–Crippen LogP) is 3.67. The number of nitriles is 1. The molecule has 3 heterocycles. The third kappa shape index (κ3) is 4.04. The Morgan fingerprint density at radius 1 is 1.48 bits per heavy atom. The summed E-state index contributed by atoms with van der Waals surface area (Å²) in [6.07, 6.45) is 6.42. The Balaban J connectivity index is 1.43. The monoisotopic (exact) mass is 424 g/mol. The number of carbonyl (C=O) groups excluding carboxylic acids is 1. The molecule has 0 bridgehead atoms. The minimum absolute atomic E-state index is 0.149. The molecule has 3 aromatic rings. The van der Waals surface area contributed by atoms with E-state index in [0.29, 0.717) is 27.5 Å². The van der Waals surface area contributed by atoms with Crippen LogP contribution >= 0.6 is 23.1 Å². The highest BCUT2D eigenvalue weighted by Crippen LogP contribution is 2.39. The summed E-state index contributed by atoms with van der Waals surface area (Å²) in [5, 5.41) is 22.2. The molecule has 0 fully saturated rings. The molecule has 0 aliphatic heterocycles. The fourth-order valence-corrected chi connectivity index (χ4v) is 5.53. The summed E-state index contributed by atoms with van der Waals surface area (Å²) in [6.45, 7) is 2.23. The smallest absolute Gasteiger partial charge is 0.235 e. The maximum Gasteiger partial charge on any atom is 0.235 e. The van der Waals surface area contributed by atoms with Crippen LogP contribution in [0.5, 0.6) is 0 Å². The number of nitrogens with one attached hydrogen (secondary N) is 1. The number of amides is 1. The number of thiophene rings is 1. The van der Waals surface area contributed by atoms with Crippen molar-refractivity contribution in [3.05, 3.63) is 40.5 Å². The number of hydrogen-bond acceptors (Lipinski definition) is 7. The number of thioether (sulfide) groups is 1. The lowest BCUT2D eigenvalue weighted by Gasteiger charge is -2.17. The molecule has 9 heteroatoms. The number of anilines is 1. The molecule has 0 spiro atoms. The van der Waals surface area contributed by atoms with E-state index in [4.69, 9.17) is 0 Å². The van der Waals surface area contributed by atoms with E-state index >= 15 is 0 Å². The zero-order valence-corrected chi connectivity index (χ0v) is 17.8. The van der Waals surface area contributed by atoms with Crippen LogP contribution in [0.15, 0.2) is 29.7 Å². The summed E-state index contributed by atoms with van der Waals surface area (Å²) in [5.74, 6) is 1.37. The van der Waals surface area contributed by atoms with Crippen molar-refractivity contribution in [1.29, 1.82) is 5.26 Å². The summed E-state index contributed by atoms with van der Waals surface area (Å²) < 4.78 is 1.85. The highest BCUT2D eigenvalue weighted by Gasteiger charge is 2.24. The number of fused-ring (bicyclic) bond motifs is 1. The lowest BCUT2D eigenvalue weighted by molar-refractivity contribution is -0.113. The molecule has 1 amide bonds. The molecule has 148 valence electrons. The highest BCUT2D eigenvalue weighted by molar-refractivity contribution is 7.99. The lowest BCUT2D eigenvalue weighted by Crippen LogP contribution is -2.14. The van der Waals surface area contributed by atoms with Crippen LogP contribution in [0.4, 0.5) is 5.00 Å². The van der Waals surface area contributed by atoms with Gasteiger partial charge >= 0.3 is 0 Å². The summed E-state index contributed by atoms with van der Waals surface area (Å²) in [5.41, 5.74) is 2.62. The second-order valence-corrected chi connectivity index (χ2v) is 9.16. The van der Waals surface area contributed by atoms with Gasteiger partial charge in [-0.2, -0.15) is 5.26 Å². The molecule has 0 radical (unpaired) electrons. The molecule has 4 rings (SSSR count). The number of carbonyl (C=O) groups is 1. The molecule has 1 unspecified atom stereocenters. The van der Waals surface area contributed by atoms with Gasteiger partial charge in [0.15, 0.2) is 11.0 Å². The zero-order valence-electron chi connectivity index (χ0n) is 16.2. The molecule has 0 saturated heterocycles. The Bertz CT molecular complexity index is 1080. The van der Waals surface area contributed by atoms with Crippen molar-refractivity contribution in [1.82, 2.24) is 19.7 Å². The Morgan fingerprint density at radius 3 is 3.10 bits per heavy atom. The average Bonchev–Trinajstić information content (AvgIpc) is 3.26. The van der Waals surface area contributed by atoms with E-state index in [1.54, 1.807) is 23.7 Å². The van der Waals surface area contributed by atoms with Crippen LogP contribution in [0.25, 0.3) is 11.4 Å². The van der Waals surface area contributed by atoms with E-state index in [1.807, 2.05) is 23.7 Å². The van der Waals surface area contributed by atoms with E-state index in [1.165, 1.54) is 16.6 Å². The van der Waals surface area contributed by atoms with Crippen molar-refractivity contribution in [3.8, 4) is 17.5 Å². The summed E-state index contributed by atoms with van der Waals surface area (Å²) in [6, 6.07) is 6.05. The van der Waals surface area contributed by atoms with Crippen LogP contribution in [-0.2, 0) is 24.7 Å². The topological polar surface area (TPSA) is 96.5 Å². The van der Waals surface area contributed by atoms with Gasteiger partial charge in [-0.05, 0) is 42.9 Å². The Morgan fingerprint density at radius 2 is 2.34 bits per heavy atom. The van der Waals surface area contributed by atoms with Gasteiger partial charge in [-0.1, -0.05) is 18.7 Å². The van der Waals surface area contributed by atoms with Crippen molar-refractivity contribution in [2.24, 2.45) is 13.0 Å². The van der Waals surface area contributed by atoms with Gasteiger partial charge in [-0.15, -0.1) is 21.5 Å². The van der Waals surface area contributed by atoms with Gasteiger partial charge in [0.05, 0.1) is 11.3 Å². The zero-order chi connectivity index (χ0) is 20.4. The van der Waals surface area contributed by atoms with Gasteiger partial charge < -0.3 is 9.88 Å². The highest BCUT2D eigenvalue weighted by atomic mass is 32.2. The molecule has 0 saturated carbocycles. The van der Waals surface area contributed by atoms with Crippen LogP contribution in [-0.4, -0.2) is 31.4 Å². The van der Waals surface area contributed by atoms with Crippen molar-refractivity contribution in [2.45, 2.75) is 31.3 Å². The van der Waals surface area contributed by atoms with E-state index in [9.17, 15) is 10.1 Å². The molecule has 1 N–H and O–H groups in total. The maximum atomic E-state index is 12.5. The van der Waals surface area contributed by atoms with E-state index < -0.39 is 0 Å². The Labute approximate surface area is 177 Å². The number of pyridine rings is 1.